The first-order valence-electron chi connectivity index (χ1n) is 10.5. The molecule has 0 spiro atoms. The van der Waals surface area contributed by atoms with Crippen LogP contribution in [0.2, 0.25) is 0 Å². The minimum atomic E-state index is -0.435. The van der Waals surface area contributed by atoms with Gasteiger partial charge in [0, 0.05) is 24.6 Å². The van der Waals surface area contributed by atoms with Gasteiger partial charge in [-0.25, -0.2) is 4.39 Å². The summed E-state index contributed by atoms with van der Waals surface area (Å²) in [6, 6.07) is 7.82. The van der Waals surface area contributed by atoms with Crippen LogP contribution < -0.4 is 4.74 Å². The summed E-state index contributed by atoms with van der Waals surface area (Å²) in [4.78, 5) is 30.4. The van der Waals surface area contributed by atoms with Gasteiger partial charge in [-0.15, -0.1) is 11.3 Å². The van der Waals surface area contributed by atoms with Crippen molar-refractivity contribution >= 4 is 23.2 Å². The first-order valence-corrected chi connectivity index (χ1v) is 11.4. The van der Waals surface area contributed by atoms with Crippen molar-refractivity contribution < 1.29 is 23.5 Å². The number of rotatable bonds is 9. The van der Waals surface area contributed by atoms with E-state index in [-0.39, 0.29) is 49.4 Å². The van der Waals surface area contributed by atoms with Gasteiger partial charge in [-0.05, 0) is 48.9 Å². The summed E-state index contributed by atoms with van der Waals surface area (Å²) in [5, 5.41) is 2.00. The second-order valence-corrected chi connectivity index (χ2v) is 8.61. The van der Waals surface area contributed by atoms with Crippen LogP contribution in [0.1, 0.15) is 36.8 Å². The van der Waals surface area contributed by atoms with Gasteiger partial charge in [0.15, 0.2) is 11.6 Å². The van der Waals surface area contributed by atoms with Crippen molar-refractivity contribution in [2.75, 3.05) is 33.4 Å². The van der Waals surface area contributed by atoms with E-state index >= 15 is 0 Å². The quantitative estimate of drug-likeness (QED) is 0.587. The Bertz CT molecular complexity index is 903. The van der Waals surface area contributed by atoms with Crippen LogP contribution in [0.25, 0.3) is 0 Å². The fraction of sp³-hybridized carbons (Fsp3) is 0.478. The first kappa shape index (κ1) is 23.2. The smallest absolute Gasteiger partial charge is 0.249 e. The highest BCUT2D eigenvalue weighted by molar-refractivity contribution is 7.10. The van der Waals surface area contributed by atoms with E-state index in [2.05, 4.69) is 0 Å². The molecular weight excluding hydrogens is 419 g/mol. The number of hydrogen-bond acceptors (Lipinski definition) is 5. The second kappa shape index (κ2) is 10.7. The lowest BCUT2D eigenvalue weighted by Crippen LogP contribution is -2.50. The summed E-state index contributed by atoms with van der Waals surface area (Å²) >= 11 is 1.65. The predicted molar refractivity (Wildman–Crippen MR) is 118 cm³/mol. The summed E-state index contributed by atoms with van der Waals surface area (Å²) in [5.74, 6) is -0.634. The van der Waals surface area contributed by atoms with Crippen LogP contribution in [0.3, 0.4) is 0 Å². The molecular formula is C23H29FN2O4S. The summed E-state index contributed by atoms with van der Waals surface area (Å²) < 4.78 is 24.8. The van der Waals surface area contributed by atoms with Crippen LogP contribution in [0.15, 0.2) is 35.7 Å². The van der Waals surface area contributed by atoms with Gasteiger partial charge in [-0.3, -0.25) is 9.59 Å². The molecule has 0 bridgehead atoms. The summed E-state index contributed by atoms with van der Waals surface area (Å²) in [6.07, 6.45) is 1.49. The maximum absolute atomic E-state index is 14.0. The molecule has 2 heterocycles. The number of hydrogen-bond donors (Lipinski definition) is 0. The Morgan fingerprint density at radius 3 is 2.81 bits per heavy atom. The molecule has 2 atom stereocenters. The monoisotopic (exact) mass is 448 g/mol. The molecule has 168 valence electrons. The number of ether oxygens (including phenoxy) is 2. The van der Waals surface area contributed by atoms with E-state index in [0.29, 0.717) is 6.54 Å². The highest BCUT2D eigenvalue weighted by atomic mass is 32.1. The van der Waals surface area contributed by atoms with E-state index < -0.39 is 5.82 Å². The zero-order chi connectivity index (χ0) is 22.4. The van der Waals surface area contributed by atoms with Crippen LogP contribution in [-0.4, -0.2) is 61.1 Å². The van der Waals surface area contributed by atoms with Crippen LogP contribution >= 0.6 is 11.3 Å². The largest absolute Gasteiger partial charge is 0.488 e. The van der Waals surface area contributed by atoms with Crippen molar-refractivity contribution in [3.63, 3.8) is 0 Å². The van der Waals surface area contributed by atoms with Crippen molar-refractivity contribution in [3.8, 4) is 5.75 Å². The van der Waals surface area contributed by atoms with Crippen molar-refractivity contribution in [2.24, 2.45) is 0 Å². The number of benzene rings is 1. The van der Waals surface area contributed by atoms with Gasteiger partial charge in [0.1, 0.15) is 19.8 Å². The van der Waals surface area contributed by atoms with E-state index in [1.807, 2.05) is 25.3 Å². The molecule has 1 aliphatic heterocycles. The molecule has 6 nitrogen and oxygen atoms in total. The van der Waals surface area contributed by atoms with Gasteiger partial charge >= 0.3 is 0 Å². The maximum Gasteiger partial charge on any atom is 0.249 e. The van der Waals surface area contributed by atoms with Crippen LogP contribution in [0.5, 0.6) is 5.75 Å². The van der Waals surface area contributed by atoms with Crippen LogP contribution in [0.4, 0.5) is 4.39 Å². The Balaban J connectivity index is 1.79. The summed E-state index contributed by atoms with van der Waals surface area (Å²) in [6.45, 7) is 4.49. The van der Waals surface area contributed by atoms with E-state index in [1.165, 1.54) is 18.1 Å². The van der Waals surface area contributed by atoms with E-state index in [0.717, 1.165) is 18.4 Å². The Kier molecular flexibility index (Phi) is 8.03. The van der Waals surface area contributed by atoms with Gasteiger partial charge < -0.3 is 19.3 Å². The normalized spacial score (nSPS) is 16.5. The second-order valence-electron chi connectivity index (χ2n) is 7.61. The number of halogens is 1. The Hall–Kier alpha value is -2.45. The van der Waals surface area contributed by atoms with Gasteiger partial charge in [0.2, 0.25) is 11.8 Å². The SMILES string of the molecule is CC[C@@H](C)N(CC(=O)N1CCc2sccc2[C@@H]1COc1ccccc1F)C(=O)COC. The molecule has 0 radical (unpaired) electrons. The molecule has 2 amide bonds. The molecule has 0 fully saturated rings. The van der Waals surface area contributed by atoms with Crippen molar-refractivity contribution in [2.45, 2.75) is 38.8 Å². The number of thiophene rings is 1. The third-order valence-corrected chi connectivity index (χ3v) is 6.66. The Labute approximate surface area is 186 Å². The molecule has 8 heteroatoms. The number of methoxy groups -OCH3 is 1. The maximum atomic E-state index is 14.0. The highest BCUT2D eigenvalue weighted by Crippen LogP contribution is 2.34. The molecule has 3 rings (SSSR count). The highest BCUT2D eigenvalue weighted by Gasteiger charge is 2.34. The molecule has 0 N–H and O–H groups in total. The Morgan fingerprint density at radius 2 is 2.10 bits per heavy atom. The molecule has 31 heavy (non-hydrogen) atoms. The Morgan fingerprint density at radius 1 is 1.32 bits per heavy atom. The minimum Gasteiger partial charge on any atom is -0.488 e. The number of amides is 2. The zero-order valence-corrected chi connectivity index (χ0v) is 19.0. The van der Waals surface area contributed by atoms with Crippen molar-refractivity contribution in [3.05, 3.63) is 52.0 Å². The fourth-order valence-electron chi connectivity index (χ4n) is 3.76. The average Bonchev–Trinajstić information content (AvgIpc) is 3.25. The van der Waals surface area contributed by atoms with E-state index in [4.69, 9.17) is 9.47 Å². The molecule has 0 aliphatic carbocycles. The van der Waals surface area contributed by atoms with E-state index in [9.17, 15) is 14.0 Å². The number of carbonyl (C=O) groups is 2. The van der Waals surface area contributed by atoms with Crippen molar-refractivity contribution in [1.29, 1.82) is 0 Å². The van der Waals surface area contributed by atoms with Crippen molar-refractivity contribution in [1.82, 2.24) is 9.80 Å². The number of nitrogens with zero attached hydrogens (tertiary/aromatic N) is 2. The lowest BCUT2D eigenvalue weighted by molar-refractivity contribution is -0.146. The molecule has 0 saturated heterocycles. The molecule has 0 unspecified atom stereocenters. The molecule has 2 aromatic rings. The number of carbonyl (C=O) groups excluding carboxylic acids is 2. The summed E-state index contributed by atoms with van der Waals surface area (Å²) in [7, 11) is 1.47. The third-order valence-electron chi connectivity index (χ3n) is 5.67. The standard InChI is InChI=1S/C23H29FN2O4S/c1-4-16(2)26(23(28)15-29-3)13-22(27)25-11-9-21-17(10-12-31-21)19(25)14-30-20-8-6-5-7-18(20)24/h5-8,10,12,16,19H,4,9,11,13-15H2,1-3H3/t16-,19+/m1/s1. The molecule has 1 aliphatic rings. The molecule has 1 aromatic carbocycles. The molecule has 1 aromatic heterocycles. The van der Waals surface area contributed by atoms with Crippen LogP contribution in [-0.2, 0) is 20.7 Å². The zero-order valence-electron chi connectivity index (χ0n) is 18.2. The lowest BCUT2D eigenvalue weighted by Gasteiger charge is -2.38. The summed E-state index contributed by atoms with van der Waals surface area (Å²) in [5.41, 5.74) is 1.03. The minimum absolute atomic E-state index is 0.0210. The topological polar surface area (TPSA) is 59.1 Å². The van der Waals surface area contributed by atoms with Crippen LogP contribution in [0, 0.1) is 5.82 Å². The van der Waals surface area contributed by atoms with Gasteiger partial charge in [0.25, 0.3) is 0 Å². The number of para-hydroxylation sites is 1. The first-order chi connectivity index (χ1) is 15.0. The fourth-order valence-corrected chi connectivity index (χ4v) is 4.69. The van der Waals surface area contributed by atoms with E-state index in [1.54, 1.807) is 39.3 Å². The van der Waals surface area contributed by atoms with Gasteiger partial charge in [0.05, 0.1) is 6.04 Å². The number of fused-ring (bicyclic) bond motifs is 1. The lowest BCUT2D eigenvalue weighted by atomic mass is 10.00. The molecule has 0 saturated carbocycles. The third kappa shape index (κ3) is 5.43. The average molecular weight is 449 g/mol. The predicted octanol–water partition coefficient (Wildman–Crippen LogP) is 3.67. The van der Waals surface area contributed by atoms with Gasteiger partial charge in [-0.2, -0.15) is 0 Å². The van der Waals surface area contributed by atoms with Gasteiger partial charge in [-0.1, -0.05) is 19.1 Å².